The second-order valence-electron chi connectivity index (χ2n) is 3.17. The summed E-state index contributed by atoms with van der Waals surface area (Å²) in [7, 11) is 0. The van der Waals surface area contributed by atoms with Crippen molar-refractivity contribution >= 4 is 17.7 Å². The standard InChI is InChI=1S/C8H15NO2S/c9-8(11)5-12-7-4-2-1-3-6(7)10/h6-7,10H,1-5H2,(H2,9,11)/t6-,7-/m0/s1. The van der Waals surface area contributed by atoms with Gasteiger partial charge in [-0.25, -0.2) is 0 Å². The van der Waals surface area contributed by atoms with Gasteiger partial charge in [-0.05, 0) is 12.8 Å². The molecule has 70 valence electrons. The lowest BCUT2D eigenvalue weighted by Gasteiger charge is -2.26. The Bertz CT molecular complexity index is 163. The number of rotatable bonds is 3. The first-order chi connectivity index (χ1) is 5.70. The smallest absolute Gasteiger partial charge is 0.227 e. The Morgan fingerprint density at radius 1 is 1.50 bits per heavy atom. The van der Waals surface area contributed by atoms with Crippen LogP contribution in [-0.2, 0) is 4.79 Å². The van der Waals surface area contributed by atoms with Crippen molar-refractivity contribution in [2.45, 2.75) is 37.0 Å². The van der Waals surface area contributed by atoms with Gasteiger partial charge in [-0.2, -0.15) is 0 Å². The average molecular weight is 189 g/mol. The fraction of sp³-hybridized carbons (Fsp3) is 0.875. The molecule has 0 aromatic carbocycles. The van der Waals surface area contributed by atoms with E-state index < -0.39 is 0 Å². The number of aliphatic hydroxyl groups is 1. The molecular weight excluding hydrogens is 174 g/mol. The summed E-state index contributed by atoms with van der Waals surface area (Å²) in [5.74, 6) is 0.0413. The highest BCUT2D eigenvalue weighted by Crippen LogP contribution is 2.28. The highest BCUT2D eigenvalue weighted by molar-refractivity contribution is 8.00. The van der Waals surface area contributed by atoms with E-state index in [1.54, 1.807) is 0 Å². The van der Waals surface area contributed by atoms with Gasteiger partial charge in [0.1, 0.15) is 0 Å². The van der Waals surface area contributed by atoms with Gasteiger partial charge in [0, 0.05) is 5.25 Å². The Labute approximate surface area is 76.7 Å². The van der Waals surface area contributed by atoms with Crippen LogP contribution in [0.3, 0.4) is 0 Å². The van der Waals surface area contributed by atoms with E-state index in [-0.39, 0.29) is 17.3 Å². The molecule has 12 heavy (non-hydrogen) atoms. The number of aliphatic hydroxyl groups excluding tert-OH is 1. The SMILES string of the molecule is NC(=O)CS[C@H]1CCCC[C@@H]1O. The molecule has 1 rings (SSSR count). The molecule has 1 aliphatic rings. The molecule has 0 aromatic heterocycles. The lowest BCUT2D eigenvalue weighted by Crippen LogP contribution is -2.28. The Balaban J connectivity index is 2.24. The second kappa shape index (κ2) is 4.72. The molecule has 0 aliphatic heterocycles. The zero-order chi connectivity index (χ0) is 8.97. The first-order valence-corrected chi connectivity index (χ1v) is 5.33. The van der Waals surface area contributed by atoms with Crippen molar-refractivity contribution in [1.82, 2.24) is 0 Å². The van der Waals surface area contributed by atoms with Crippen molar-refractivity contribution < 1.29 is 9.90 Å². The summed E-state index contributed by atoms with van der Waals surface area (Å²) in [6.45, 7) is 0. The summed E-state index contributed by atoms with van der Waals surface area (Å²) in [6, 6.07) is 0. The van der Waals surface area contributed by atoms with Crippen molar-refractivity contribution in [2.75, 3.05) is 5.75 Å². The van der Waals surface area contributed by atoms with E-state index >= 15 is 0 Å². The summed E-state index contributed by atoms with van der Waals surface area (Å²) in [6.07, 6.45) is 3.92. The number of carbonyl (C=O) groups is 1. The van der Waals surface area contributed by atoms with Crippen LogP contribution in [0.1, 0.15) is 25.7 Å². The van der Waals surface area contributed by atoms with E-state index in [4.69, 9.17) is 5.73 Å². The third-order valence-corrected chi connectivity index (χ3v) is 3.54. The number of amides is 1. The van der Waals surface area contributed by atoms with Gasteiger partial charge in [0.25, 0.3) is 0 Å². The van der Waals surface area contributed by atoms with E-state index in [1.807, 2.05) is 0 Å². The van der Waals surface area contributed by atoms with Crippen LogP contribution in [0.5, 0.6) is 0 Å². The van der Waals surface area contributed by atoms with E-state index in [2.05, 4.69) is 0 Å². The molecule has 1 fully saturated rings. The number of carbonyl (C=O) groups excluding carboxylic acids is 1. The Hall–Kier alpha value is -0.220. The number of nitrogens with two attached hydrogens (primary N) is 1. The first-order valence-electron chi connectivity index (χ1n) is 4.28. The number of hydrogen-bond donors (Lipinski definition) is 2. The fourth-order valence-corrected chi connectivity index (χ4v) is 2.53. The summed E-state index contributed by atoms with van der Waals surface area (Å²) in [5, 5.41) is 9.74. The lowest BCUT2D eigenvalue weighted by atomic mass is 9.97. The molecule has 3 N–H and O–H groups in total. The van der Waals surface area contributed by atoms with Crippen LogP contribution in [0.2, 0.25) is 0 Å². The molecule has 0 saturated heterocycles. The minimum absolute atomic E-state index is 0.228. The summed E-state index contributed by atoms with van der Waals surface area (Å²) in [4.78, 5) is 10.5. The third kappa shape index (κ3) is 3.03. The molecule has 4 heteroatoms. The van der Waals surface area contributed by atoms with Gasteiger partial charge in [-0.3, -0.25) is 4.79 Å². The predicted octanol–water partition coefficient (Wildman–Crippen LogP) is 0.508. The molecule has 3 nitrogen and oxygen atoms in total. The van der Waals surface area contributed by atoms with Gasteiger partial charge in [-0.1, -0.05) is 12.8 Å². The quantitative estimate of drug-likeness (QED) is 0.680. The van der Waals surface area contributed by atoms with Crippen molar-refractivity contribution in [3.63, 3.8) is 0 Å². The molecule has 0 unspecified atom stereocenters. The number of primary amides is 1. The zero-order valence-electron chi connectivity index (χ0n) is 7.03. The van der Waals surface area contributed by atoms with Gasteiger partial charge in [0.05, 0.1) is 11.9 Å². The minimum Gasteiger partial charge on any atom is -0.392 e. The number of hydrogen-bond acceptors (Lipinski definition) is 3. The Morgan fingerprint density at radius 3 is 2.75 bits per heavy atom. The fourth-order valence-electron chi connectivity index (χ4n) is 1.46. The highest BCUT2D eigenvalue weighted by Gasteiger charge is 2.23. The zero-order valence-corrected chi connectivity index (χ0v) is 7.85. The molecule has 1 amide bonds. The Morgan fingerprint density at radius 2 is 2.17 bits per heavy atom. The van der Waals surface area contributed by atoms with Crippen molar-refractivity contribution in [3.8, 4) is 0 Å². The monoisotopic (exact) mass is 189 g/mol. The Kier molecular flexibility index (Phi) is 3.88. The van der Waals surface area contributed by atoms with E-state index in [0.29, 0.717) is 5.75 Å². The minimum atomic E-state index is -0.294. The van der Waals surface area contributed by atoms with Gasteiger partial charge >= 0.3 is 0 Å². The molecule has 0 aromatic rings. The summed E-state index contributed by atoms with van der Waals surface area (Å²) in [5.41, 5.74) is 5.01. The van der Waals surface area contributed by atoms with Crippen molar-refractivity contribution in [2.24, 2.45) is 5.73 Å². The van der Waals surface area contributed by atoms with Crippen LogP contribution in [0.15, 0.2) is 0 Å². The van der Waals surface area contributed by atoms with Crippen LogP contribution in [-0.4, -0.2) is 28.1 Å². The summed E-state index contributed by atoms with van der Waals surface area (Å²) < 4.78 is 0. The van der Waals surface area contributed by atoms with Crippen LogP contribution in [0.25, 0.3) is 0 Å². The molecule has 0 radical (unpaired) electrons. The van der Waals surface area contributed by atoms with Crippen LogP contribution < -0.4 is 5.73 Å². The normalized spacial score (nSPS) is 30.1. The van der Waals surface area contributed by atoms with E-state index in [0.717, 1.165) is 25.7 Å². The molecular formula is C8H15NO2S. The molecule has 1 saturated carbocycles. The van der Waals surface area contributed by atoms with Crippen LogP contribution in [0.4, 0.5) is 0 Å². The van der Waals surface area contributed by atoms with Gasteiger partial charge in [0.2, 0.25) is 5.91 Å². The van der Waals surface area contributed by atoms with Gasteiger partial charge in [0.15, 0.2) is 0 Å². The van der Waals surface area contributed by atoms with Crippen molar-refractivity contribution in [3.05, 3.63) is 0 Å². The predicted molar refractivity (Wildman–Crippen MR) is 49.9 cm³/mol. The van der Waals surface area contributed by atoms with E-state index in [1.165, 1.54) is 11.8 Å². The van der Waals surface area contributed by atoms with Crippen LogP contribution in [0, 0.1) is 0 Å². The maximum atomic E-state index is 10.5. The topological polar surface area (TPSA) is 63.3 Å². The highest BCUT2D eigenvalue weighted by atomic mass is 32.2. The average Bonchev–Trinajstić information content (AvgIpc) is 2.03. The summed E-state index contributed by atoms with van der Waals surface area (Å²) >= 11 is 1.49. The molecule has 0 spiro atoms. The third-order valence-electron chi connectivity index (χ3n) is 2.11. The lowest BCUT2D eigenvalue weighted by molar-refractivity contribution is -0.115. The number of thioether (sulfide) groups is 1. The maximum absolute atomic E-state index is 10.5. The van der Waals surface area contributed by atoms with Crippen LogP contribution >= 0.6 is 11.8 Å². The van der Waals surface area contributed by atoms with E-state index in [9.17, 15) is 9.90 Å². The molecule has 1 aliphatic carbocycles. The second-order valence-corrected chi connectivity index (χ2v) is 4.40. The molecule has 2 atom stereocenters. The first kappa shape index (κ1) is 9.86. The molecule has 0 heterocycles. The largest absolute Gasteiger partial charge is 0.392 e. The van der Waals surface area contributed by atoms with Crippen molar-refractivity contribution in [1.29, 1.82) is 0 Å². The van der Waals surface area contributed by atoms with Gasteiger partial charge in [-0.15, -0.1) is 11.8 Å². The molecule has 0 bridgehead atoms. The van der Waals surface area contributed by atoms with Gasteiger partial charge < -0.3 is 10.8 Å². The maximum Gasteiger partial charge on any atom is 0.227 e.